The van der Waals surface area contributed by atoms with Gasteiger partial charge in [0, 0.05) is 19.3 Å². The van der Waals surface area contributed by atoms with Crippen molar-refractivity contribution in [2.24, 2.45) is 0 Å². The zero-order chi connectivity index (χ0) is 23.0. The molecule has 4 rings (SSSR count). The van der Waals surface area contributed by atoms with Gasteiger partial charge in [-0.05, 0) is 50.8 Å². The first kappa shape index (κ1) is 21.6. The molecular weight excluding hydrogens is 408 g/mol. The number of hydrogen-bond donors (Lipinski definition) is 1. The van der Waals surface area contributed by atoms with Crippen LogP contribution < -0.4 is 4.74 Å². The smallest absolute Gasteiger partial charge is 0.295 e. The Morgan fingerprint density at radius 3 is 2.69 bits per heavy atom. The van der Waals surface area contributed by atoms with Crippen molar-refractivity contribution in [3.8, 4) is 5.75 Å². The molecule has 32 heavy (non-hydrogen) atoms. The number of carbonyl (C=O) groups excluding carboxylic acids is 2. The van der Waals surface area contributed by atoms with Crippen LogP contribution in [0.25, 0.3) is 11.4 Å². The van der Waals surface area contributed by atoms with E-state index >= 15 is 0 Å². The van der Waals surface area contributed by atoms with Crippen LogP contribution in [0.4, 0.5) is 0 Å². The second-order valence-corrected chi connectivity index (χ2v) is 8.05. The van der Waals surface area contributed by atoms with E-state index in [0.717, 1.165) is 0 Å². The highest BCUT2D eigenvalue weighted by Gasteiger charge is 2.46. The number of fused-ring (bicyclic) bond motifs is 1. The highest BCUT2D eigenvalue weighted by atomic mass is 16.5. The van der Waals surface area contributed by atoms with Crippen LogP contribution in [0.1, 0.15) is 23.0 Å². The summed E-state index contributed by atoms with van der Waals surface area (Å²) in [6.07, 6.45) is 1.77. The van der Waals surface area contributed by atoms with E-state index in [1.807, 2.05) is 43.3 Å². The average Bonchev–Trinajstić information content (AvgIpc) is 3.25. The van der Waals surface area contributed by atoms with Gasteiger partial charge in [0.15, 0.2) is 5.76 Å². The van der Waals surface area contributed by atoms with Crippen molar-refractivity contribution >= 4 is 23.1 Å². The van der Waals surface area contributed by atoms with E-state index in [0.29, 0.717) is 41.4 Å². The van der Waals surface area contributed by atoms with E-state index in [4.69, 9.17) is 4.74 Å². The van der Waals surface area contributed by atoms with Gasteiger partial charge in [0.05, 0.1) is 24.4 Å². The van der Waals surface area contributed by atoms with Crippen LogP contribution in [0, 0.1) is 6.92 Å². The topological polar surface area (TPSA) is 87.4 Å². The quantitative estimate of drug-likeness (QED) is 0.365. The molecule has 0 saturated carbocycles. The van der Waals surface area contributed by atoms with Gasteiger partial charge in [0.25, 0.3) is 11.7 Å². The summed E-state index contributed by atoms with van der Waals surface area (Å²) in [5, 5.41) is 11.4. The van der Waals surface area contributed by atoms with Crippen LogP contribution in [0.15, 0.2) is 54.2 Å². The summed E-state index contributed by atoms with van der Waals surface area (Å²) in [7, 11) is 5.36. The van der Waals surface area contributed by atoms with Crippen molar-refractivity contribution in [3.63, 3.8) is 0 Å². The lowest BCUT2D eigenvalue weighted by atomic mass is 9.96. The number of methoxy groups -OCH3 is 1. The molecule has 8 nitrogen and oxygen atoms in total. The molecule has 166 valence electrons. The number of likely N-dealkylation sites (N-methyl/N-ethyl adjacent to an activating group) is 1. The third kappa shape index (κ3) is 3.62. The number of benzene rings is 1. The minimum absolute atomic E-state index is 0.0516. The molecular formula is C24H26N4O4. The summed E-state index contributed by atoms with van der Waals surface area (Å²) in [4.78, 5) is 34.2. The second kappa shape index (κ2) is 8.47. The molecule has 1 aromatic carbocycles. The molecule has 2 aromatic heterocycles. The maximum Gasteiger partial charge on any atom is 0.295 e. The Morgan fingerprint density at radius 2 is 1.97 bits per heavy atom. The molecule has 1 atom stereocenters. The van der Waals surface area contributed by atoms with E-state index in [2.05, 4.69) is 4.98 Å². The molecule has 0 bridgehead atoms. The van der Waals surface area contributed by atoms with Crippen LogP contribution in [0.2, 0.25) is 0 Å². The molecule has 1 N–H and O–H groups in total. The first-order valence-corrected chi connectivity index (χ1v) is 10.3. The number of carbonyl (C=O) groups is 2. The molecule has 1 aliphatic rings. The molecule has 0 unspecified atom stereocenters. The van der Waals surface area contributed by atoms with Crippen molar-refractivity contribution in [2.45, 2.75) is 13.0 Å². The molecule has 1 saturated heterocycles. The summed E-state index contributed by atoms with van der Waals surface area (Å²) in [6, 6.07) is 12.0. The number of likely N-dealkylation sites (tertiary alicyclic amines) is 1. The Hall–Kier alpha value is -3.65. The summed E-state index contributed by atoms with van der Waals surface area (Å²) < 4.78 is 7.08. The lowest BCUT2D eigenvalue weighted by molar-refractivity contribution is -0.140. The summed E-state index contributed by atoms with van der Waals surface area (Å²) >= 11 is 0. The predicted octanol–water partition coefficient (Wildman–Crippen LogP) is 2.63. The number of pyridine rings is 1. The molecule has 0 radical (unpaired) electrons. The van der Waals surface area contributed by atoms with Crippen molar-refractivity contribution < 1.29 is 19.4 Å². The van der Waals surface area contributed by atoms with Gasteiger partial charge in [-0.3, -0.25) is 14.0 Å². The fourth-order valence-electron chi connectivity index (χ4n) is 4.10. The number of aliphatic hydroxyl groups excluding tert-OH is 1. The fraction of sp³-hybridized carbons (Fsp3) is 0.292. The van der Waals surface area contributed by atoms with E-state index < -0.39 is 17.7 Å². The molecule has 0 spiro atoms. The zero-order valence-electron chi connectivity index (χ0n) is 18.6. The summed E-state index contributed by atoms with van der Waals surface area (Å²) in [6.45, 7) is 2.68. The highest BCUT2D eigenvalue weighted by Crippen LogP contribution is 2.40. The van der Waals surface area contributed by atoms with Crippen molar-refractivity contribution in [1.82, 2.24) is 19.2 Å². The normalized spacial score (nSPS) is 18.2. The number of rotatable bonds is 6. The third-order valence-corrected chi connectivity index (χ3v) is 5.67. The van der Waals surface area contributed by atoms with Gasteiger partial charge < -0.3 is 19.6 Å². The Bertz CT molecular complexity index is 1230. The Kier molecular flexibility index (Phi) is 5.71. The first-order chi connectivity index (χ1) is 15.3. The number of Topliss-reactive ketones (excluding diaryl/α,β-unsaturated/α-hetero) is 1. The number of aryl methyl sites for hydroxylation is 1. The predicted molar refractivity (Wildman–Crippen MR) is 120 cm³/mol. The minimum Gasteiger partial charge on any atom is -0.505 e. The average molecular weight is 434 g/mol. The standard InChI is InChI=1S/C24H26N4O4/c1-15-20(27-11-6-5-10-18(27)25-15)22(29)19-21(16-8-7-9-17(14-16)32-4)28(13-12-26(2)3)24(31)23(19)30/h5-11,14,21,29H,12-13H2,1-4H3/b22-19+/t21-/m0/s1. The number of ketones is 1. The van der Waals surface area contributed by atoms with Crippen LogP contribution in [-0.2, 0) is 9.59 Å². The molecule has 8 heteroatoms. The summed E-state index contributed by atoms with van der Waals surface area (Å²) in [5.74, 6) is -0.974. The first-order valence-electron chi connectivity index (χ1n) is 10.3. The molecule has 1 aliphatic heterocycles. The van der Waals surface area contributed by atoms with E-state index in [1.165, 1.54) is 4.90 Å². The molecule has 0 aliphatic carbocycles. The van der Waals surface area contributed by atoms with Crippen LogP contribution in [0.5, 0.6) is 5.75 Å². The fourth-order valence-corrected chi connectivity index (χ4v) is 4.10. The van der Waals surface area contributed by atoms with Crippen molar-refractivity contribution in [2.75, 3.05) is 34.3 Å². The van der Waals surface area contributed by atoms with E-state index in [1.54, 1.807) is 42.8 Å². The van der Waals surface area contributed by atoms with Gasteiger partial charge in [-0.2, -0.15) is 0 Å². The van der Waals surface area contributed by atoms with Crippen molar-refractivity contribution in [3.05, 3.63) is 71.2 Å². The van der Waals surface area contributed by atoms with Crippen molar-refractivity contribution in [1.29, 1.82) is 0 Å². The number of ether oxygens (including phenoxy) is 1. The molecule has 3 aromatic rings. The number of imidazole rings is 1. The van der Waals surface area contributed by atoms with E-state index in [9.17, 15) is 14.7 Å². The second-order valence-electron chi connectivity index (χ2n) is 8.05. The number of nitrogens with zero attached hydrogens (tertiary/aromatic N) is 4. The number of aliphatic hydroxyl groups is 1. The third-order valence-electron chi connectivity index (χ3n) is 5.67. The van der Waals surface area contributed by atoms with Crippen LogP contribution in [-0.4, -0.2) is 70.3 Å². The Labute approximate surface area is 186 Å². The maximum absolute atomic E-state index is 13.2. The SMILES string of the molecule is COc1cccc([C@H]2/C(=C(\O)c3c(C)nc4ccccn34)C(=O)C(=O)N2CCN(C)C)c1. The molecule has 3 heterocycles. The largest absolute Gasteiger partial charge is 0.505 e. The van der Waals surface area contributed by atoms with Gasteiger partial charge in [-0.15, -0.1) is 0 Å². The Balaban J connectivity index is 1.93. The molecule has 1 fully saturated rings. The zero-order valence-corrected chi connectivity index (χ0v) is 18.6. The minimum atomic E-state index is -0.737. The monoisotopic (exact) mass is 434 g/mol. The van der Waals surface area contributed by atoms with Gasteiger partial charge in [-0.1, -0.05) is 18.2 Å². The van der Waals surface area contributed by atoms with Gasteiger partial charge >= 0.3 is 0 Å². The lowest BCUT2D eigenvalue weighted by Gasteiger charge is -2.26. The number of amides is 1. The lowest BCUT2D eigenvalue weighted by Crippen LogP contribution is -2.35. The van der Waals surface area contributed by atoms with E-state index in [-0.39, 0.29) is 11.3 Å². The van der Waals surface area contributed by atoms with Crippen LogP contribution >= 0.6 is 0 Å². The number of hydrogen-bond acceptors (Lipinski definition) is 6. The number of aromatic nitrogens is 2. The van der Waals surface area contributed by atoms with Gasteiger partial charge in [0.1, 0.15) is 17.1 Å². The van der Waals surface area contributed by atoms with Gasteiger partial charge in [0.2, 0.25) is 0 Å². The van der Waals surface area contributed by atoms with Crippen LogP contribution in [0.3, 0.4) is 0 Å². The molecule has 1 amide bonds. The highest BCUT2D eigenvalue weighted by molar-refractivity contribution is 6.46. The Morgan fingerprint density at radius 1 is 1.19 bits per heavy atom. The maximum atomic E-state index is 13.2. The summed E-state index contributed by atoms with van der Waals surface area (Å²) in [5.41, 5.74) is 2.36. The van der Waals surface area contributed by atoms with Gasteiger partial charge in [-0.25, -0.2) is 4.98 Å².